The highest BCUT2D eigenvalue weighted by atomic mass is 35.5. The summed E-state index contributed by atoms with van der Waals surface area (Å²) in [6.45, 7) is 0.524. The van der Waals surface area contributed by atoms with E-state index in [0.717, 1.165) is 41.3 Å². The molecule has 8 heteroatoms. The minimum absolute atomic E-state index is 0. The van der Waals surface area contributed by atoms with Gasteiger partial charge in [-0.15, -0.1) is 47.5 Å². The molecule has 0 saturated heterocycles. The van der Waals surface area contributed by atoms with E-state index in [-0.39, 0.29) is 36.3 Å². The number of hydrogen-bond acceptors (Lipinski definition) is 5. The lowest BCUT2D eigenvalue weighted by atomic mass is 9.97. The Balaban J connectivity index is 0.00000132. The van der Waals surface area contributed by atoms with Gasteiger partial charge in [0.2, 0.25) is 5.91 Å². The predicted octanol–water partition coefficient (Wildman–Crippen LogP) is 3.65. The van der Waals surface area contributed by atoms with Crippen LogP contribution in [0.4, 0.5) is 0 Å². The summed E-state index contributed by atoms with van der Waals surface area (Å²) in [5.41, 5.74) is 6.51. The molecule has 1 aliphatic carbocycles. The maximum atomic E-state index is 12.2. The topological polar surface area (TPSA) is 68.0 Å². The Kier molecular flexibility index (Phi) is 7.97. The molecule has 0 bridgehead atoms. The summed E-state index contributed by atoms with van der Waals surface area (Å²) in [5, 5.41) is 8.13. The van der Waals surface area contributed by atoms with E-state index in [1.54, 1.807) is 22.7 Å². The fourth-order valence-corrected chi connectivity index (χ4v) is 4.47. The summed E-state index contributed by atoms with van der Waals surface area (Å²) in [7, 11) is 0. The van der Waals surface area contributed by atoms with Crippen LogP contribution in [0.2, 0.25) is 0 Å². The maximum Gasteiger partial charge on any atom is 0.226 e. The second-order valence-corrected chi connectivity index (χ2v) is 7.34. The van der Waals surface area contributed by atoms with Crippen LogP contribution >= 0.6 is 47.5 Å². The summed E-state index contributed by atoms with van der Waals surface area (Å²) in [6, 6.07) is 4.06. The molecule has 1 fully saturated rings. The van der Waals surface area contributed by atoms with Crippen molar-refractivity contribution in [3.63, 3.8) is 0 Å². The molecule has 2 aromatic heterocycles. The number of nitrogens with zero attached hydrogens (tertiary/aromatic N) is 1. The fraction of sp³-hybridized carbons (Fsp3) is 0.467. The Bertz CT molecular complexity index is 610. The van der Waals surface area contributed by atoms with Gasteiger partial charge in [0, 0.05) is 11.9 Å². The highest BCUT2D eigenvalue weighted by Crippen LogP contribution is 2.30. The number of halogens is 2. The van der Waals surface area contributed by atoms with Gasteiger partial charge >= 0.3 is 0 Å². The van der Waals surface area contributed by atoms with Crippen LogP contribution in [0.15, 0.2) is 22.9 Å². The average Bonchev–Trinajstić information content (AvgIpc) is 3.19. The second-order valence-electron chi connectivity index (χ2n) is 5.54. The Hall–Kier alpha value is -0.660. The predicted molar refractivity (Wildman–Crippen MR) is 102 cm³/mol. The van der Waals surface area contributed by atoms with E-state index in [0.29, 0.717) is 13.0 Å². The molecule has 0 spiro atoms. The molecule has 3 N–H and O–H groups in total. The molecule has 0 aromatic carbocycles. The van der Waals surface area contributed by atoms with Gasteiger partial charge in [-0.1, -0.05) is 18.9 Å². The minimum atomic E-state index is -0.177. The molecule has 1 aliphatic rings. The van der Waals surface area contributed by atoms with Crippen molar-refractivity contribution in [2.45, 2.75) is 37.6 Å². The van der Waals surface area contributed by atoms with Crippen molar-refractivity contribution >= 4 is 53.4 Å². The van der Waals surface area contributed by atoms with Crippen LogP contribution in [-0.2, 0) is 11.2 Å². The first kappa shape index (κ1) is 20.4. The molecule has 23 heavy (non-hydrogen) atoms. The molecule has 4 nitrogen and oxygen atoms in total. The number of thiophene rings is 1. The number of aromatic nitrogens is 1. The molecule has 0 unspecified atom stereocenters. The molecule has 1 saturated carbocycles. The number of carbonyl (C=O) groups is 1. The van der Waals surface area contributed by atoms with Gasteiger partial charge in [0.25, 0.3) is 0 Å². The number of nitrogens with one attached hydrogen (secondary N) is 1. The lowest BCUT2D eigenvalue weighted by Crippen LogP contribution is -2.52. The SMILES string of the molecule is Cl.Cl.NCC1(NC(=O)Cc2csc(-c3cccs3)n2)CCCC1. The number of rotatable bonds is 5. The zero-order valence-corrected chi connectivity index (χ0v) is 15.9. The molecular weight excluding hydrogens is 373 g/mol. The van der Waals surface area contributed by atoms with Gasteiger partial charge in [0.05, 0.1) is 22.5 Å². The fourth-order valence-electron chi connectivity index (χ4n) is 2.84. The molecule has 2 aromatic rings. The van der Waals surface area contributed by atoms with E-state index in [2.05, 4.69) is 16.4 Å². The normalized spacial score (nSPS) is 15.5. The smallest absolute Gasteiger partial charge is 0.226 e. The molecule has 0 aliphatic heterocycles. The standard InChI is InChI=1S/C15H19N3OS2.2ClH/c16-10-15(5-1-2-6-15)18-13(19)8-11-9-21-14(17-11)12-4-3-7-20-12;;/h3-4,7,9H,1-2,5-6,8,10,16H2,(H,18,19);2*1H. The third-order valence-electron chi connectivity index (χ3n) is 3.98. The van der Waals surface area contributed by atoms with Crippen LogP contribution in [0.3, 0.4) is 0 Å². The Morgan fingerprint density at radius 1 is 1.30 bits per heavy atom. The third kappa shape index (κ3) is 4.90. The summed E-state index contributed by atoms with van der Waals surface area (Å²) in [6.07, 6.45) is 4.62. The van der Waals surface area contributed by atoms with Crippen LogP contribution < -0.4 is 11.1 Å². The molecule has 128 valence electrons. The number of nitrogens with two attached hydrogens (primary N) is 1. The van der Waals surface area contributed by atoms with Crippen molar-refractivity contribution in [2.75, 3.05) is 6.54 Å². The van der Waals surface area contributed by atoms with Gasteiger partial charge in [-0.2, -0.15) is 0 Å². The average molecular weight is 394 g/mol. The van der Waals surface area contributed by atoms with Gasteiger partial charge in [-0.25, -0.2) is 4.98 Å². The lowest BCUT2D eigenvalue weighted by molar-refractivity contribution is -0.122. The molecule has 2 heterocycles. The van der Waals surface area contributed by atoms with E-state index in [4.69, 9.17) is 5.73 Å². The number of hydrogen-bond donors (Lipinski definition) is 2. The van der Waals surface area contributed by atoms with E-state index < -0.39 is 0 Å². The van der Waals surface area contributed by atoms with Gasteiger partial charge in [-0.05, 0) is 24.3 Å². The second kappa shape index (κ2) is 8.99. The maximum absolute atomic E-state index is 12.2. The minimum Gasteiger partial charge on any atom is -0.349 e. The van der Waals surface area contributed by atoms with Gasteiger partial charge in [-0.3, -0.25) is 4.79 Å². The first-order valence-corrected chi connectivity index (χ1v) is 8.96. The Morgan fingerprint density at radius 2 is 2.04 bits per heavy atom. The quantitative estimate of drug-likeness (QED) is 0.814. The summed E-state index contributed by atoms with van der Waals surface area (Å²) in [5.74, 6) is 0.0328. The third-order valence-corrected chi connectivity index (χ3v) is 5.91. The van der Waals surface area contributed by atoms with Gasteiger partial charge < -0.3 is 11.1 Å². The molecular formula is C15H21Cl2N3OS2. The van der Waals surface area contributed by atoms with E-state index in [1.807, 2.05) is 16.8 Å². The van der Waals surface area contributed by atoms with Crippen molar-refractivity contribution < 1.29 is 4.79 Å². The van der Waals surface area contributed by atoms with E-state index in [9.17, 15) is 4.79 Å². The summed E-state index contributed by atoms with van der Waals surface area (Å²) < 4.78 is 0. The highest BCUT2D eigenvalue weighted by Gasteiger charge is 2.33. The van der Waals surface area contributed by atoms with E-state index in [1.165, 1.54) is 0 Å². The Morgan fingerprint density at radius 3 is 2.65 bits per heavy atom. The van der Waals surface area contributed by atoms with Crippen molar-refractivity contribution in [3.8, 4) is 9.88 Å². The molecule has 3 rings (SSSR count). The first-order chi connectivity index (χ1) is 10.2. The summed E-state index contributed by atoms with van der Waals surface area (Å²) in [4.78, 5) is 17.9. The van der Waals surface area contributed by atoms with Crippen LogP contribution in [0.1, 0.15) is 31.4 Å². The van der Waals surface area contributed by atoms with Crippen molar-refractivity contribution in [2.24, 2.45) is 5.73 Å². The van der Waals surface area contributed by atoms with Crippen LogP contribution in [-0.4, -0.2) is 23.0 Å². The van der Waals surface area contributed by atoms with Gasteiger partial charge in [0.1, 0.15) is 5.01 Å². The Labute approximate surface area is 156 Å². The number of amides is 1. The monoisotopic (exact) mass is 393 g/mol. The van der Waals surface area contributed by atoms with Crippen LogP contribution in [0.5, 0.6) is 0 Å². The first-order valence-electron chi connectivity index (χ1n) is 7.20. The van der Waals surface area contributed by atoms with Crippen molar-refractivity contribution in [1.29, 1.82) is 0 Å². The van der Waals surface area contributed by atoms with Crippen LogP contribution in [0, 0.1) is 0 Å². The van der Waals surface area contributed by atoms with E-state index >= 15 is 0 Å². The van der Waals surface area contributed by atoms with Crippen molar-refractivity contribution in [3.05, 3.63) is 28.6 Å². The molecule has 0 atom stereocenters. The lowest BCUT2D eigenvalue weighted by Gasteiger charge is -2.28. The van der Waals surface area contributed by atoms with Crippen LogP contribution in [0.25, 0.3) is 9.88 Å². The zero-order valence-electron chi connectivity index (χ0n) is 12.6. The van der Waals surface area contributed by atoms with Gasteiger partial charge in [0.15, 0.2) is 0 Å². The zero-order chi connectivity index (χ0) is 14.7. The molecule has 1 amide bonds. The highest BCUT2D eigenvalue weighted by molar-refractivity contribution is 7.20. The van der Waals surface area contributed by atoms with Crippen molar-refractivity contribution in [1.82, 2.24) is 10.3 Å². The summed E-state index contributed by atoms with van der Waals surface area (Å²) >= 11 is 3.26. The number of thiazole rings is 1. The molecule has 0 radical (unpaired) electrons. The largest absolute Gasteiger partial charge is 0.349 e. The number of carbonyl (C=O) groups excluding carboxylic acids is 1.